The number of rotatable bonds is 5. The smallest absolute Gasteiger partial charge is 0.323 e. The van der Waals surface area contributed by atoms with E-state index in [-0.39, 0.29) is 24.4 Å². The lowest BCUT2D eigenvalue weighted by atomic mass is 9.93. The van der Waals surface area contributed by atoms with Gasteiger partial charge in [-0.3, -0.25) is 14.5 Å². The summed E-state index contributed by atoms with van der Waals surface area (Å²) in [5.74, 6) is -0.579. The zero-order valence-corrected chi connectivity index (χ0v) is 16.7. The first-order valence-electron chi connectivity index (χ1n) is 9.97. The van der Waals surface area contributed by atoms with E-state index in [0.29, 0.717) is 12.8 Å². The van der Waals surface area contributed by atoms with Crippen LogP contribution in [0.4, 0.5) is 10.5 Å². The molecule has 0 aliphatic carbocycles. The monoisotopic (exact) mass is 391 g/mol. The molecule has 2 atom stereocenters. The molecule has 2 heterocycles. The van der Waals surface area contributed by atoms with Crippen LogP contribution in [0.5, 0.6) is 0 Å². The van der Waals surface area contributed by atoms with E-state index in [9.17, 15) is 14.4 Å². The van der Waals surface area contributed by atoms with Crippen molar-refractivity contribution in [1.82, 2.24) is 10.2 Å². The number of hydrogen-bond acceptors (Lipinski definition) is 3. The molecule has 150 valence electrons. The molecule has 6 nitrogen and oxygen atoms in total. The predicted molar refractivity (Wildman–Crippen MR) is 111 cm³/mol. The average molecular weight is 391 g/mol. The number of amides is 4. The topological polar surface area (TPSA) is 69.7 Å². The van der Waals surface area contributed by atoms with Crippen molar-refractivity contribution >= 4 is 23.5 Å². The first-order chi connectivity index (χ1) is 13.9. The number of aryl methyl sites for hydroxylation is 1. The summed E-state index contributed by atoms with van der Waals surface area (Å²) in [7, 11) is 0. The molecular weight excluding hydrogens is 366 g/mol. The van der Waals surface area contributed by atoms with Crippen LogP contribution in [-0.4, -0.2) is 40.9 Å². The quantitative estimate of drug-likeness (QED) is 0.797. The van der Waals surface area contributed by atoms with E-state index in [1.807, 2.05) is 61.5 Å². The molecule has 1 N–H and O–H groups in total. The Bertz CT molecular complexity index is 959. The minimum atomic E-state index is -0.998. The molecule has 6 heteroatoms. The number of hydrogen-bond donors (Lipinski definition) is 1. The lowest BCUT2D eigenvalue weighted by Crippen LogP contribution is -2.47. The van der Waals surface area contributed by atoms with E-state index in [4.69, 9.17) is 0 Å². The fraction of sp³-hybridized carbons (Fsp3) is 0.348. The van der Waals surface area contributed by atoms with E-state index >= 15 is 0 Å². The molecule has 29 heavy (non-hydrogen) atoms. The maximum Gasteiger partial charge on any atom is 0.325 e. The number of benzene rings is 2. The number of anilines is 1. The van der Waals surface area contributed by atoms with Gasteiger partial charge in [0.2, 0.25) is 5.91 Å². The highest BCUT2D eigenvalue weighted by molar-refractivity contribution is 6.10. The number of imide groups is 1. The number of nitrogens with one attached hydrogen (secondary N) is 1. The fourth-order valence-corrected chi connectivity index (χ4v) is 4.26. The molecule has 0 bridgehead atoms. The summed E-state index contributed by atoms with van der Waals surface area (Å²) in [4.78, 5) is 41.3. The standard InChI is InChI=1S/C23H25N3O3/c1-16-14-18-10-6-7-11-19(18)26(16)20(27)15-25-21(28)23(2,24-22(25)29)13-12-17-8-4-3-5-9-17/h3-11,16H,12-15H2,1-2H3,(H,24,29)/t16-,23-/m1/s1. The van der Waals surface area contributed by atoms with Crippen molar-refractivity contribution in [2.75, 3.05) is 11.4 Å². The van der Waals surface area contributed by atoms with Crippen molar-refractivity contribution in [2.45, 2.75) is 44.7 Å². The Balaban J connectivity index is 1.46. The van der Waals surface area contributed by atoms with Gasteiger partial charge >= 0.3 is 6.03 Å². The van der Waals surface area contributed by atoms with Crippen LogP contribution in [0.3, 0.4) is 0 Å². The van der Waals surface area contributed by atoms with Crippen LogP contribution >= 0.6 is 0 Å². The van der Waals surface area contributed by atoms with Crippen molar-refractivity contribution in [3.05, 3.63) is 65.7 Å². The second kappa shape index (κ2) is 7.35. The van der Waals surface area contributed by atoms with Gasteiger partial charge in [-0.25, -0.2) is 4.79 Å². The van der Waals surface area contributed by atoms with Crippen LogP contribution in [0.1, 0.15) is 31.4 Å². The van der Waals surface area contributed by atoms with Gasteiger partial charge in [0.15, 0.2) is 0 Å². The summed E-state index contributed by atoms with van der Waals surface area (Å²) >= 11 is 0. The third-order valence-electron chi connectivity index (χ3n) is 5.87. The number of fused-ring (bicyclic) bond motifs is 1. The first-order valence-corrected chi connectivity index (χ1v) is 9.97. The Morgan fingerprint density at radius 2 is 1.79 bits per heavy atom. The van der Waals surface area contributed by atoms with Crippen molar-refractivity contribution in [3.8, 4) is 0 Å². The molecule has 0 unspecified atom stereocenters. The van der Waals surface area contributed by atoms with E-state index in [1.54, 1.807) is 11.8 Å². The van der Waals surface area contributed by atoms with Gasteiger partial charge in [0, 0.05) is 11.7 Å². The maximum atomic E-state index is 13.0. The van der Waals surface area contributed by atoms with Gasteiger partial charge in [-0.2, -0.15) is 0 Å². The van der Waals surface area contributed by atoms with Gasteiger partial charge in [-0.15, -0.1) is 0 Å². The zero-order chi connectivity index (χ0) is 20.6. The molecule has 2 aliphatic rings. The number of nitrogens with zero attached hydrogens (tertiary/aromatic N) is 2. The molecule has 0 spiro atoms. The summed E-state index contributed by atoms with van der Waals surface area (Å²) in [6, 6.07) is 17.1. The van der Waals surface area contributed by atoms with Crippen molar-refractivity contribution < 1.29 is 14.4 Å². The normalized spacial score (nSPS) is 23.3. The molecule has 2 aromatic carbocycles. The highest BCUT2D eigenvalue weighted by Crippen LogP contribution is 2.32. The van der Waals surface area contributed by atoms with E-state index in [2.05, 4.69) is 5.32 Å². The second-order valence-corrected chi connectivity index (χ2v) is 8.08. The lowest BCUT2D eigenvalue weighted by Gasteiger charge is -2.25. The minimum absolute atomic E-state index is 0.00475. The molecule has 4 rings (SSSR count). The molecule has 0 radical (unpaired) electrons. The molecule has 1 fully saturated rings. The van der Waals surface area contributed by atoms with Crippen LogP contribution in [-0.2, 0) is 22.4 Å². The number of carbonyl (C=O) groups is 3. The Hall–Kier alpha value is -3.15. The molecular formula is C23H25N3O3. The summed E-state index contributed by atoms with van der Waals surface area (Å²) in [6.07, 6.45) is 1.92. The Labute approximate surface area is 170 Å². The average Bonchev–Trinajstić information content (AvgIpc) is 3.15. The molecule has 2 aromatic rings. The van der Waals surface area contributed by atoms with Crippen LogP contribution < -0.4 is 10.2 Å². The largest absolute Gasteiger partial charge is 0.325 e. The zero-order valence-electron chi connectivity index (χ0n) is 16.7. The second-order valence-electron chi connectivity index (χ2n) is 8.08. The predicted octanol–water partition coefficient (Wildman–Crippen LogP) is 2.91. The number of carbonyl (C=O) groups excluding carboxylic acids is 3. The fourth-order valence-electron chi connectivity index (χ4n) is 4.26. The van der Waals surface area contributed by atoms with E-state index in [0.717, 1.165) is 28.1 Å². The first kappa shape index (κ1) is 19.2. The van der Waals surface area contributed by atoms with Gasteiger partial charge in [0.05, 0.1) is 0 Å². The summed E-state index contributed by atoms with van der Waals surface area (Å²) < 4.78 is 0. The third kappa shape index (κ3) is 3.50. The van der Waals surface area contributed by atoms with Gasteiger partial charge in [0.1, 0.15) is 12.1 Å². The van der Waals surface area contributed by atoms with Gasteiger partial charge < -0.3 is 10.2 Å². The summed E-state index contributed by atoms with van der Waals surface area (Å²) in [5.41, 5.74) is 2.08. The SMILES string of the molecule is C[C@@H]1Cc2ccccc2N1C(=O)CN1C(=O)N[C@](C)(CCc2ccccc2)C1=O. The Morgan fingerprint density at radius 3 is 2.55 bits per heavy atom. The van der Waals surface area contributed by atoms with Crippen molar-refractivity contribution in [1.29, 1.82) is 0 Å². The minimum Gasteiger partial charge on any atom is -0.323 e. The van der Waals surface area contributed by atoms with Crippen LogP contribution in [0.15, 0.2) is 54.6 Å². The molecule has 2 aliphatic heterocycles. The molecule has 4 amide bonds. The molecule has 0 saturated carbocycles. The number of urea groups is 1. The van der Waals surface area contributed by atoms with Crippen LogP contribution in [0.25, 0.3) is 0 Å². The van der Waals surface area contributed by atoms with Crippen molar-refractivity contribution in [2.24, 2.45) is 0 Å². The van der Waals surface area contributed by atoms with Crippen LogP contribution in [0.2, 0.25) is 0 Å². The highest BCUT2D eigenvalue weighted by atomic mass is 16.2. The Kier molecular flexibility index (Phi) is 4.86. The third-order valence-corrected chi connectivity index (χ3v) is 5.87. The highest BCUT2D eigenvalue weighted by Gasteiger charge is 2.48. The molecule has 1 saturated heterocycles. The van der Waals surface area contributed by atoms with Gasteiger partial charge in [-0.05, 0) is 50.3 Å². The molecule has 0 aromatic heterocycles. The van der Waals surface area contributed by atoms with Gasteiger partial charge in [-0.1, -0.05) is 48.5 Å². The maximum absolute atomic E-state index is 13.0. The number of para-hydroxylation sites is 1. The van der Waals surface area contributed by atoms with Gasteiger partial charge in [0.25, 0.3) is 5.91 Å². The Morgan fingerprint density at radius 1 is 1.10 bits per heavy atom. The summed E-state index contributed by atoms with van der Waals surface area (Å²) in [6.45, 7) is 3.46. The van der Waals surface area contributed by atoms with E-state index in [1.165, 1.54) is 0 Å². The van der Waals surface area contributed by atoms with Crippen molar-refractivity contribution in [3.63, 3.8) is 0 Å². The summed E-state index contributed by atoms with van der Waals surface area (Å²) in [5, 5.41) is 2.79. The van der Waals surface area contributed by atoms with E-state index < -0.39 is 11.6 Å². The lowest BCUT2D eigenvalue weighted by molar-refractivity contribution is -0.134. The van der Waals surface area contributed by atoms with Crippen LogP contribution in [0, 0.1) is 0 Å².